The maximum Gasteiger partial charge on any atom is 0.335 e. The lowest BCUT2D eigenvalue weighted by Gasteiger charge is -2.04. The van der Waals surface area contributed by atoms with Crippen molar-refractivity contribution in [1.82, 2.24) is 0 Å². The van der Waals surface area contributed by atoms with Gasteiger partial charge in [0.05, 0.1) is 5.56 Å². The van der Waals surface area contributed by atoms with E-state index in [1.54, 1.807) is 24.3 Å². The fourth-order valence-corrected chi connectivity index (χ4v) is 1.82. The number of para-hydroxylation sites is 1. The Labute approximate surface area is 105 Å². The maximum atomic E-state index is 10.7. The van der Waals surface area contributed by atoms with Crippen molar-refractivity contribution in [2.75, 3.05) is 0 Å². The molecule has 0 aliphatic carbocycles. The lowest BCUT2D eigenvalue weighted by molar-refractivity contribution is 0.0697. The Hall–Kier alpha value is -2.29. The van der Waals surface area contributed by atoms with Crippen LogP contribution in [0.4, 0.5) is 0 Å². The number of phenols is 1. The molecule has 2 aromatic rings. The molecule has 0 aliphatic heterocycles. The molecule has 3 nitrogen and oxygen atoms in total. The molecule has 0 fully saturated rings. The first-order valence-electron chi connectivity index (χ1n) is 5.76. The van der Waals surface area contributed by atoms with Crippen molar-refractivity contribution < 1.29 is 15.0 Å². The van der Waals surface area contributed by atoms with E-state index in [9.17, 15) is 9.90 Å². The van der Waals surface area contributed by atoms with Gasteiger partial charge in [-0.25, -0.2) is 4.79 Å². The minimum absolute atomic E-state index is 0.293. The van der Waals surface area contributed by atoms with Gasteiger partial charge in [0.15, 0.2) is 0 Å². The predicted molar refractivity (Wildman–Crippen MR) is 68.9 cm³/mol. The molecule has 92 valence electrons. The largest absolute Gasteiger partial charge is 0.508 e. The van der Waals surface area contributed by atoms with Crippen LogP contribution in [0.25, 0.3) is 0 Å². The summed E-state index contributed by atoms with van der Waals surface area (Å²) in [6.45, 7) is 0. The zero-order valence-corrected chi connectivity index (χ0v) is 9.84. The Morgan fingerprint density at radius 2 is 1.61 bits per heavy atom. The molecule has 0 saturated heterocycles. The second-order valence-corrected chi connectivity index (χ2v) is 4.13. The number of hydrogen-bond acceptors (Lipinski definition) is 2. The van der Waals surface area contributed by atoms with E-state index in [0.717, 1.165) is 24.0 Å². The summed E-state index contributed by atoms with van der Waals surface area (Å²) in [5.41, 5.74) is 2.25. The van der Waals surface area contributed by atoms with E-state index in [1.165, 1.54) is 0 Å². The van der Waals surface area contributed by atoms with Crippen LogP contribution in [0, 0.1) is 0 Å². The molecule has 0 unspecified atom stereocenters. The van der Waals surface area contributed by atoms with E-state index in [2.05, 4.69) is 0 Å². The molecule has 0 saturated carbocycles. The Morgan fingerprint density at radius 1 is 0.944 bits per heavy atom. The number of hydrogen-bond donors (Lipinski definition) is 2. The van der Waals surface area contributed by atoms with E-state index in [1.807, 2.05) is 24.3 Å². The highest BCUT2D eigenvalue weighted by molar-refractivity contribution is 5.87. The van der Waals surface area contributed by atoms with Crippen molar-refractivity contribution in [2.24, 2.45) is 0 Å². The number of carboxylic acid groups (broad SMARTS) is 1. The van der Waals surface area contributed by atoms with Gasteiger partial charge in [-0.3, -0.25) is 0 Å². The average Bonchev–Trinajstić information content (AvgIpc) is 2.38. The van der Waals surface area contributed by atoms with Crippen LogP contribution < -0.4 is 0 Å². The molecule has 2 N–H and O–H groups in total. The fraction of sp³-hybridized carbons (Fsp3) is 0.133. The lowest BCUT2D eigenvalue weighted by Crippen LogP contribution is -1.97. The Bertz CT molecular complexity index is 544. The van der Waals surface area contributed by atoms with Gasteiger partial charge in [0, 0.05) is 0 Å². The van der Waals surface area contributed by atoms with Gasteiger partial charge in [-0.2, -0.15) is 0 Å². The van der Waals surface area contributed by atoms with Crippen molar-refractivity contribution >= 4 is 5.97 Å². The molecule has 0 aromatic heterocycles. The van der Waals surface area contributed by atoms with E-state index in [4.69, 9.17) is 5.11 Å². The number of rotatable bonds is 4. The second kappa shape index (κ2) is 5.36. The van der Waals surface area contributed by atoms with Gasteiger partial charge in [-0.1, -0.05) is 30.3 Å². The number of benzene rings is 2. The minimum atomic E-state index is -0.915. The SMILES string of the molecule is O=C(O)c1ccc(CCc2ccccc2O)cc1. The standard InChI is InChI=1S/C15H14O3/c16-14-4-2-1-3-12(14)8-5-11-6-9-13(10-7-11)15(17)18/h1-4,6-7,9-10,16H,5,8H2,(H,17,18). The zero-order valence-electron chi connectivity index (χ0n) is 9.84. The van der Waals surface area contributed by atoms with Gasteiger partial charge >= 0.3 is 5.97 Å². The number of aryl methyl sites for hydroxylation is 2. The smallest absolute Gasteiger partial charge is 0.335 e. The van der Waals surface area contributed by atoms with Crippen LogP contribution in [0.15, 0.2) is 48.5 Å². The fourth-order valence-electron chi connectivity index (χ4n) is 1.82. The molecule has 0 heterocycles. The van der Waals surface area contributed by atoms with Crippen molar-refractivity contribution in [3.05, 3.63) is 65.2 Å². The molecule has 0 aliphatic rings. The molecule has 0 bridgehead atoms. The van der Waals surface area contributed by atoms with E-state index in [0.29, 0.717) is 11.3 Å². The van der Waals surface area contributed by atoms with E-state index >= 15 is 0 Å². The van der Waals surface area contributed by atoms with Crippen molar-refractivity contribution in [3.63, 3.8) is 0 Å². The molecule has 18 heavy (non-hydrogen) atoms. The summed E-state index contributed by atoms with van der Waals surface area (Å²) in [6, 6.07) is 14.1. The van der Waals surface area contributed by atoms with Gasteiger partial charge in [0.2, 0.25) is 0 Å². The molecule has 0 atom stereocenters. The van der Waals surface area contributed by atoms with Crippen molar-refractivity contribution in [3.8, 4) is 5.75 Å². The summed E-state index contributed by atoms with van der Waals surface area (Å²) in [5, 5.41) is 18.4. The first kappa shape index (κ1) is 12.2. The average molecular weight is 242 g/mol. The Kier molecular flexibility index (Phi) is 3.63. The minimum Gasteiger partial charge on any atom is -0.508 e. The van der Waals surface area contributed by atoms with Crippen LogP contribution in [0.2, 0.25) is 0 Å². The number of carbonyl (C=O) groups is 1. The molecule has 2 rings (SSSR count). The number of carboxylic acids is 1. The zero-order chi connectivity index (χ0) is 13.0. The van der Waals surface area contributed by atoms with Crippen molar-refractivity contribution in [1.29, 1.82) is 0 Å². The van der Waals surface area contributed by atoms with Gasteiger partial charge in [0.25, 0.3) is 0 Å². The number of phenolic OH excluding ortho intramolecular Hbond substituents is 1. The third-order valence-corrected chi connectivity index (χ3v) is 2.88. The summed E-state index contributed by atoms with van der Waals surface area (Å²) < 4.78 is 0. The summed E-state index contributed by atoms with van der Waals surface area (Å²) >= 11 is 0. The van der Waals surface area contributed by atoms with Gasteiger partial charge < -0.3 is 10.2 Å². The highest BCUT2D eigenvalue weighted by Gasteiger charge is 2.03. The van der Waals surface area contributed by atoms with Gasteiger partial charge in [0.1, 0.15) is 5.75 Å². The van der Waals surface area contributed by atoms with Crippen molar-refractivity contribution in [2.45, 2.75) is 12.8 Å². The topological polar surface area (TPSA) is 57.5 Å². The predicted octanol–water partition coefficient (Wildman–Crippen LogP) is 2.88. The second-order valence-electron chi connectivity index (χ2n) is 4.13. The molecule has 0 amide bonds. The molecular weight excluding hydrogens is 228 g/mol. The van der Waals surface area contributed by atoms with Crippen LogP contribution >= 0.6 is 0 Å². The normalized spacial score (nSPS) is 10.2. The summed E-state index contributed by atoms with van der Waals surface area (Å²) in [7, 11) is 0. The van der Waals surface area contributed by atoms with Crippen LogP contribution in [0.1, 0.15) is 21.5 Å². The van der Waals surface area contributed by atoms with E-state index < -0.39 is 5.97 Å². The molecule has 0 spiro atoms. The quantitative estimate of drug-likeness (QED) is 0.866. The summed E-state index contributed by atoms with van der Waals surface area (Å²) in [4.78, 5) is 10.7. The first-order valence-corrected chi connectivity index (χ1v) is 5.76. The Balaban J connectivity index is 2.02. The van der Waals surface area contributed by atoms with Crippen LogP contribution in [-0.2, 0) is 12.8 Å². The molecule has 3 heteroatoms. The van der Waals surface area contributed by atoms with Crippen LogP contribution in [0.5, 0.6) is 5.75 Å². The number of aromatic hydroxyl groups is 1. The highest BCUT2D eigenvalue weighted by Crippen LogP contribution is 2.18. The Morgan fingerprint density at radius 3 is 2.22 bits per heavy atom. The number of aromatic carboxylic acids is 1. The van der Waals surface area contributed by atoms with Gasteiger partial charge in [-0.05, 0) is 42.2 Å². The third kappa shape index (κ3) is 2.88. The molecule has 2 aromatic carbocycles. The van der Waals surface area contributed by atoms with Gasteiger partial charge in [-0.15, -0.1) is 0 Å². The monoisotopic (exact) mass is 242 g/mol. The summed E-state index contributed by atoms with van der Waals surface area (Å²) in [6.07, 6.45) is 1.51. The van der Waals surface area contributed by atoms with Crippen LogP contribution in [-0.4, -0.2) is 16.2 Å². The summed E-state index contributed by atoms with van der Waals surface area (Å²) in [5.74, 6) is -0.609. The highest BCUT2D eigenvalue weighted by atomic mass is 16.4. The molecular formula is C15H14O3. The third-order valence-electron chi connectivity index (χ3n) is 2.88. The van der Waals surface area contributed by atoms with Crippen LogP contribution in [0.3, 0.4) is 0 Å². The molecule has 0 radical (unpaired) electrons. The lowest BCUT2D eigenvalue weighted by atomic mass is 10.0. The van der Waals surface area contributed by atoms with E-state index in [-0.39, 0.29) is 0 Å². The maximum absolute atomic E-state index is 10.7. The first-order chi connectivity index (χ1) is 8.66.